The van der Waals surface area contributed by atoms with Crippen LogP contribution in [0.5, 0.6) is 0 Å². The van der Waals surface area contributed by atoms with E-state index < -0.39 is 5.54 Å². The Labute approximate surface area is 137 Å². The van der Waals surface area contributed by atoms with Gasteiger partial charge in [0, 0.05) is 18.0 Å². The van der Waals surface area contributed by atoms with Crippen LogP contribution >= 0.6 is 0 Å². The Kier molecular flexibility index (Phi) is 5.44. The lowest BCUT2D eigenvalue weighted by Gasteiger charge is -2.29. The topological polar surface area (TPSA) is 85.6 Å². The van der Waals surface area contributed by atoms with E-state index >= 15 is 0 Å². The third-order valence-electron chi connectivity index (χ3n) is 3.74. The minimum Gasteiger partial charge on any atom is -0.376 e. The van der Waals surface area contributed by atoms with Gasteiger partial charge in [0.25, 0.3) is 0 Å². The predicted molar refractivity (Wildman–Crippen MR) is 86.5 cm³/mol. The van der Waals surface area contributed by atoms with E-state index in [1.807, 2.05) is 34.6 Å². The van der Waals surface area contributed by atoms with Crippen LogP contribution in [-0.4, -0.2) is 49.1 Å². The molecule has 2 N–H and O–H groups in total. The smallest absolute Gasteiger partial charge is 0.246 e. The van der Waals surface area contributed by atoms with E-state index in [2.05, 4.69) is 15.8 Å². The van der Waals surface area contributed by atoms with Crippen molar-refractivity contribution in [2.45, 2.75) is 51.7 Å². The summed E-state index contributed by atoms with van der Waals surface area (Å²) in [7, 11) is 0. The lowest BCUT2D eigenvalue weighted by molar-refractivity contribution is -0.122. The summed E-state index contributed by atoms with van der Waals surface area (Å²) in [6.07, 6.45) is -0.0337. The first kappa shape index (κ1) is 17.9. The molecule has 1 atom stereocenters. The molecule has 0 aromatic carbocycles. The molecule has 0 bridgehead atoms. The fraction of sp³-hybridized carbons (Fsp3) is 0.750. The number of carbonyl (C=O) groups excluding carboxylic acids is 1. The van der Waals surface area contributed by atoms with Crippen LogP contribution in [0.15, 0.2) is 10.6 Å². The minimum atomic E-state index is -0.768. The zero-order valence-electron chi connectivity index (χ0n) is 14.6. The number of aromatic nitrogens is 1. The van der Waals surface area contributed by atoms with Gasteiger partial charge in [0.05, 0.1) is 37.2 Å². The molecule has 1 aromatic heterocycles. The molecule has 0 radical (unpaired) electrons. The van der Waals surface area contributed by atoms with Gasteiger partial charge in [-0.25, -0.2) is 0 Å². The lowest BCUT2D eigenvalue weighted by Crippen LogP contribution is -2.53. The normalized spacial score (nSPS) is 19.6. The number of nitrogens with zero attached hydrogens (tertiary/aromatic N) is 1. The molecule has 1 aromatic rings. The second-order valence-electron chi connectivity index (χ2n) is 7.35. The summed E-state index contributed by atoms with van der Waals surface area (Å²) in [4.78, 5) is 12.4. The van der Waals surface area contributed by atoms with Crippen LogP contribution in [0.2, 0.25) is 0 Å². The number of carbonyl (C=O) groups is 1. The summed E-state index contributed by atoms with van der Waals surface area (Å²) in [5.74, 6) is 0.165. The van der Waals surface area contributed by atoms with Gasteiger partial charge in [0.1, 0.15) is 0 Å². The highest BCUT2D eigenvalue weighted by molar-refractivity contribution is 5.96. The summed E-state index contributed by atoms with van der Waals surface area (Å²) in [6.45, 7) is 12.0. The SMILES string of the molecule is CC(C)(NCC1COCCO1)C(=O)Nc1cc(C(C)(C)C)no1. The van der Waals surface area contributed by atoms with Crippen molar-refractivity contribution in [3.63, 3.8) is 0 Å². The van der Waals surface area contributed by atoms with E-state index in [0.717, 1.165) is 5.69 Å². The molecule has 1 fully saturated rings. The third kappa shape index (κ3) is 5.02. The number of nitrogens with one attached hydrogen (secondary N) is 2. The molecular weight excluding hydrogens is 298 g/mol. The van der Waals surface area contributed by atoms with Gasteiger partial charge in [0.2, 0.25) is 11.8 Å². The van der Waals surface area contributed by atoms with E-state index in [1.165, 1.54) is 0 Å². The van der Waals surface area contributed by atoms with Crippen molar-refractivity contribution in [2.24, 2.45) is 0 Å². The highest BCUT2D eigenvalue weighted by atomic mass is 16.6. The molecule has 7 nitrogen and oxygen atoms in total. The van der Waals surface area contributed by atoms with Crippen molar-refractivity contribution in [1.82, 2.24) is 10.5 Å². The molecule has 7 heteroatoms. The second kappa shape index (κ2) is 6.98. The number of anilines is 1. The first-order chi connectivity index (χ1) is 10.7. The molecular formula is C16H27N3O4. The maximum Gasteiger partial charge on any atom is 0.246 e. The van der Waals surface area contributed by atoms with E-state index in [4.69, 9.17) is 14.0 Å². The van der Waals surface area contributed by atoms with Crippen molar-refractivity contribution in [1.29, 1.82) is 0 Å². The number of amides is 1. The Balaban J connectivity index is 1.88. The van der Waals surface area contributed by atoms with Crippen LogP contribution < -0.4 is 10.6 Å². The summed E-state index contributed by atoms with van der Waals surface area (Å²) < 4.78 is 16.1. The summed E-state index contributed by atoms with van der Waals surface area (Å²) in [5.41, 5.74) is -0.0973. The number of rotatable bonds is 5. The summed E-state index contributed by atoms with van der Waals surface area (Å²) in [5, 5.41) is 9.96. The first-order valence-electron chi connectivity index (χ1n) is 7.91. The van der Waals surface area contributed by atoms with Gasteiger partial charge in [-0.15, -0.1) is 0 Å². The third-order valence-corrected chi connectivity index (χ3v) is 3.74. The van der Waals surface area contributed by atoms with Crippen molar-refractivity contribution in [3.05, 3.63) is 11.8 Å². The van der Waals surface area contributed by atoms with Gasteiger partial charge < -0.3 is 19.3 Å². The van der Waals surface area contributed by atoms with E-state index in [9.17, 15) is 4.79 Å². The van der Waals surface area contributed by atoms with Crippen LogP contribution in [0, 0.1) is 0 Å². The fourth-order valence-electron chi connectivity index (χ4n) is 2.06. The number of hydrogen-bond donors (Lipinski definition) is 2. The molecule has 2 heterocycles. The second-order valence-corrected chi connectivity index (χ2v) is 7.35. The van der Waals surface area contributed by atoms with Crippen molar-refractivity contribution >= 4 is 11.8 Å². The van der Waals surface area contributed by atoms with Crippen LogP contribution in [0.3, 0.4) is 0 Å². The maximum absolute atomic E-state index is 12.4. The maximum atomic E-state index is 12.4. The Bertz CT molecular complexity index is 528. The molecule has 1 aliphatic heterocycles. The van der Waals surface area contributed by atoms with Gasteiger partial charge in [-0.1, -0.05) is 25.9 Å². The highest BCUT2D eigenvalue weighted by Crippen LogP contribution is 2.24. The number of ether oxygens (including phenoxy) is 2. The molecule has 1 unspecified atom stereocenters. The van der Waals surface area contributed by atoms with Gasteiger partial charge in [-0.3, -0.25) is 10.1 Å². The van der Waals surface area contributed by atoms with Gasteiger partial charge in [-0.2, -0.15) is 0 Å². The number of hydrogen-bond acceptors (Lipinski definition) is 6. The fourth-order valence-corrected chi connectivity index (χ4v) is 2.06. The lowest BCUT2D eigenvalue weighted by atomic mass is 9.92. The predicted octanol–water partition coefficient (Wildman–Crippen LogP) is 1.69. The Morgan fingerprint density at radius 1 is 1.30 bits per heavy atom. The van der Waals surface area contributed by atoms with E-state index in [1.54, 1.807) is 6.07 Å². The van der Waals surface area contributed by atoms with E-state index in [-0.39, 0.29) is 17.4 Å². The summed E-state index contributed by atoms with van der Waals surface area (Å²) >= 11 is 0. The minimum absolute atomic E-state index is 0.0337. The molecule has 1 saturated heterocycles. The quantitative estimate of drug-likeness (QED) is 0.857. The van der Waals surface area contributed by atoms with E-state index in [0.29, 0.717) is 32.2 Å². The van der Waals surface area contributed by atoms with Crippen LogP contribution in [0.1, 0.15) is 40.3 Å². The standard InChI is InChI=1S/C16H27N3O4/c1-15(2,3)12-8-13(23-19-12)18-14(20)16(4,5)17-9-11-10-21-6-7-22-11/h8,11,17H,6-7,9-10H2,1-5H3,(H,18,20). The van der Waals surface area contributed by atoms with Crippen LogP contribution in [0.25, 0.3) is 0 Å². The van der Waals surface area contributed by atoms with Crippen LogP contribution in [-0.2, 0) is 19.7 Å². The average Bonchev–Trinajstić information content (AvgIpc) is 2.95. The average molecular weight is 325 g/mol. The molecule has 1 amide bonds. The molecule has 23 heavy (non-hydrogen) atoms. The molecule has 0 saturated carbocycles. The molecule has 1 aliphatic rings. The van der Waals surface area contributed by atoms with Crippen molar-refractivity contribution < 1.29 is 18.8 Å². The molecule has 0 spiro atoms. The molecule has 2 rings (SSSR count). The van der Waals surface area contributed by atoms with Gasteiger partial charge in [0.15, 0.2) is 0 Å². The zero-order valence-corrected chi connectivity index (χ0v) is 14.6. The zero-order chi connectivity index (χ0) is 17.1. The van der Waals surface area contributed by atoms with Gasteiger partial charge in [-0.05, 0) is 13.8 Å². The Morgan fingerprint density at radius 2 is 2.04 bits per heavy atom. The highest BCUT2D eigenvalue weighted by Gasteiger charge is 2.30. The molecule has 0 aliphatic carbocycles. The molecule has 130 valence electrons. The Morgan fingerprint density at radius 3 is 2.61 bits per heavy atom. The van der Waals surface area contributed by atoms with Crippen LogP contribution in [0.4, 0.5) is 5.88 Å². The first-order valence-corrected chi connectivity index (χ1v) is 7.91. The van der Waals surface area contributed by atoms with Crippen molar-refractivity contribution in [3.8, 4) is 0 Å². The Hall–Kier alpha value is -1.44. The largest absolute Gasteiger partial charge is 0.376 e. The van der Waals surface area contributed by atoms with Crippen molar-refractivity contribution in [2.75, 3.05) is 31.7 Å². The monoisotopic (exact) mass is 325 g/mol. The summed E-state index contributed by atoms with van der Waals surface area (Å²) in [6, 6.07) is 1.76. The van der Waals surface area contributed by atoms with Gasteiger partial charge >= 0.3 is 0 Å².